The van der Waals surface area contributed by atoms with Crippen LogP contribution in [-0.2, 0) is 6.42 Å². The molecule has 130 valence electrons. The van der Waals surface area contributed by atoms with Gasteiger partial charge in [-0.15, -0.1) is 0 Å². The van der Waals surface area contributed by atoms with Crippen LogP contribution in [0.15, 0.2) is 12.1 Å². The number of aryl methyl sites for hydroxylation is 1. The average molecular weight is 319 g/mol. The molecule has 0 amide bonds. The second kappa shape index (κ2) is 8.08. The number of phenols is 2. The highest BCUT2D eigenvalue weighted by Gasteiger charge is 2.34. The van der Waals surface area contributed by atoms with Gasteiger partial charge in [-0.1, -0.05) is 47.0 Å². The molecule has 2 N–H and O–H groups in total. The molecule has 2 heteroatoms. The van der Waals surface area contributed by atoms with Gasteiger partial charge in [-0.05, 0) is 67.1 Å². The monoisotopic (exact) mass is 318 g/mol. The van der Waals surface area contributed by atoms with E-state index in [1.54, 1.807) is 0 Å². The Kier molecular flexibility index (Phi) is 6.38. The van der Waals surface area contributed by atoms with Crippen molar-refractivity contribution in [2.75, 3.05) is 0 Å². The highest BCUT2D eigenvalue weighted by atomic mass is 16.3. The van der Waals surface area contributed by atoms with E-state index >= 15 is 0 Å². The van der Waals surface area contributed by atoms with E-state index in [4.69, 9.17) is 0 Å². The predicted molar refractivity (Wildman–Crippen MR) is 97.1 cm³/mol. The van der Waals surface area contributed by atoms with E-state index in [1.807, 2.05) is 12.1 Å². The lowest BCUT2D eigenvalue weighted by atomic mass is 9.67. The highest BCUT2D eigenvalue weighted by molar-refractivity contribution is 5.49. The van der Waals surface area contributed by atoms with Crippen molar-refractivity contribution in [1.82, 2.24) is 0 Å². The quantitative estimate of drug-likeness (QED) is 0.631. The summed E-state index contributed by atoms with van der Waals surface area (Å²) in [6.07, 6.45) is 7.95. The van der Waals surface area contributed by atoms with Crippen molar-refractivity contribution in [2.45, 2.75) is 78.6 Å². The summed E-state index contributed by atoms with van der Waals surface area (Å²) >= 11 is 0. The van der Waals surface area contributed by atoms with Crippen LogP contribution < -0.4 is 0 Å². The summed E-state index contributed by atoms with van der Waals surface area (Å²) in [6, 6.07) is 3.78. The summed E-state index contributed by atoms with van der Waals surface area (Å²) in [4.78, 5) is 0. The Bertz CT molecular complexity index is 484. The zero-order chi connectivity index (χ0) is 17.0. The fraction of sp³-hybridized carbons (Fsp3) is 0.714. The van der Waals surface area contributed by atoms with E-state index in [1.165, 1.54) is 25.7 Å². The third kappa shape index (κ3) is 4.43. The van der Waals surface area contributed by atoms with Crippen LogP contribution >= 0.6 is 0 Å². The van der Waals surface area contributed by atoms with Crippen LogP contribution in [0.4, 0.5) is 0 Å². The van der Waals surface area contributed by atoms with Gasteiger partial charge < -0.3 is 10.2 Å². The molecule has 1 saturated carbocycles. The Hall–Kier alpha value is -1.18. The Labute approximate surface area is 141 Å². The van der Waals surface area contributed by atoms with Crippen molar-refractivity contribution in [3.8, 4) is 11.5 Å². The molecule has 0 heterocycles. The van der Waals surface area contributed by atoms with Gasteiger partial charge >= 0.3 is 0 Å². The first-order valence-corrected chi connectivity index (χ1v) is 9.48. The largest absolute Gasteiger partial charge is 0.508 e. The molecule has 3 atom stereocenters. The smallest absolute Gasteiger partial charge is 0.123 e. The maximum absolute atomic E-state index is 10.6. The minimum absolute atomic E-state index is 0.281. The van der Waals surface area contributed by atoms with Crippen LogP contribution in [0.1, 0.15) is 83.3 Å². The van der Waals surface area contributed by atoms with Gasteiger partial charge in [0.2, 0.25) is 0 Å². The van der Waals surface area contributed by atoms with Crippen LogP contribution in [0.3, 0.4) is 0 Å². The van der Waals surface area contributed by atoms with E-state index in [0.717, 1.165) is 30.4 Å². The molecule has 0 aromatic heterocycles. The predicted octanol–water partition coefficient (Wildman–Crippen LogP) is 6.01. The molecule has 0 spiro atoms. The third-order valence-corrected chi connectivity index (χ3v) is 5.66. The van der Waals surface area contributed by atoms with Crippen molar-refractivity contribution in [1.29, 1.82) is 0 Å². The summed E-state index contributed by atoms with van der Waals surface area (Å²) in [5.41, 5.74) is 1.86. The number of aromatic hydroxyl groups is 2. The molecular formula is C21H34O2. The number of unbranched alkanes of at least 4 members (excludes halogenated alkanes) is 2. The summed E-state index contributed by atoms with van der Waals surface area (Å²) in [5.74, 6) is 2.69. The fourth-order valence-electron chi connectivity index (χ4n) is 4.32. The van der Waals surface area contributed by atoms with E-state index in [0.29, 0.717) is 29.3 Å². The van der Waals surface area contributed by atoms with E-state index in [-0.39, 0.29) is 5.92 Å². The molecule has 0 aliphatic heterocycles. The molecule has 1 unspecified atom stereocenters. The lowest BCUT2D eigenvalue weighted by Crippen LogP contribution is -2.26. The molecule has 2 nitrogen and oxygen atoms in total. The van der Waals surface area contributed by atoms with Crippen LogP contribution in [0.5, 0.6) is 11.5 Å². The van der Waals surface area contributed by atoms with Gasteiger partial charge in [-0.3, -0.25) is 0 Å². The summed E-state index contributed by atoms with van der Waals surface area (Å²) in [6.45, 7) is 9.01. The van der Waals surface area contributed by atoms with Gasteiger partial charge in [0.25, 0.3) is 0 Å². The molecule has 1 fully saturated rings. The van der Waals surface area contributed by atoms with Crippen molar-refractivity contribution < 1.29 is 10.2 Å². The number of benzene rings is 1. The zero-order valence-corrected chi connectivity index (χ0v) is 15.3. The molecule has 23 heavy (non-hydrogen) atoms. The Balaban J connectivity index is 2.26. The van der Waals surface area contributed by atoms with Crippen molar-refractivity contribution in [2.24, 2.45) is 17.8 Å². The molecule has 1 aromatic carbocycles. The van der Waals surface area contributed by atoms with Gasteiger partial charge in [0.05, 0.1) is 0 Å². The lowest BCUT2D eigenvalue weighted by molar-refractivity contribution is 0.192. The normalized spacial score (nSPS) is 25.0. The average Bonchev–Trinajstić information content (AvgIpc) is 2.46. The molecule has 1 aliphatic rings. The van der Waals surface area contributed by atoms with Crippen LogP contribution in [-0.4, -0.2) is 10.2 Å². The summed E-state index contributed by atoms with van der Waals surface area (Å²) < 4.78 is 0. The first-order valence-electron chi connectivity index (χ1n) is 9.48. The zero-order valence-electron chi connectivity index (χ0n) is 15.3. The van der Waals surface area contributed by atoms with Gasteiger partial charge in [0.15, 0.2) is 0 Å². The second-order valence-electron chi connectivity index (χ2n) is 7.94. The number of hydrogen-bond donors (Lipinski definition) is 2. The Morgan fingerprint density at radius 1 is 1.09 bits per heavy atom. The first-order chi connectivity index (χ1) is 10.9. The number of rotatable bonds is 6. The molecule has 0 bridgehead atoms. The molecule has 0 saturated heterocycles. The maximum Gasteiger partial charge on any atom is 0.123 e. The van der Waals surface area contributed by atoms with Crippen LogP contribution in [0, 0.1) is 17.8 Å². The Morgan fingerprint density at radius 3 is 2.30 bits per heavy atom. The highest BCUT2D eigenvalue weighted by Crippen LogP contribution is 2.49. The summed E-state index contributed by atoms with van der Waals surface area (Å²) in [5, 5.41) is 21.2. The SMILES string of the molecule is CCCCCc1cc(O)c([C@@H]2CC(C)CC[C@H]2C(C)C)c(O)c1. The molecular weight excluding hydrogens is 284 g/mol. The van der Waals surface area contributed by atoms with Crippen LogP contribution in [0.2, 0.25) is 0 Å². The third-order valence-electron chi connectivity index (χ3n) is 5.66. The van der Waals surface area contributed by atoms with Gasteiger partial charge in [0, 0.05) is 5.56 Å². The lowest BCUT2D eigenvalue weighted by Gasteiger charge is -2.38. The van der Waals surface area contributed by atoms with E-state index in [9.17, 15) is 10.2 Å². The first kappa shape index (κ1) is 18.2. The van der Waals surface area contributed by atoms with Crippen molar-refractivity contribution in [3.63, 3.8) is 0 Å². The minimum Gasteiger partial charge on any atom is -0.508 e. The molecule has 1 aliphatic carbocycles. The van der Waals surface area contributed by atoms with Gasteiger partial charge in [-0.25, -0.2) is 0 Å². The van der Waals surface area contributed by atoms with Crippen LogP contribution in [0.25, 0.3) is 0 Å². The molecule has 2 rings (SSSR count). The topological polar surface area (TPSA) is 40.5 Å². The Morgan fingerprint density at radius 2 is 1.74 bits per heavy atom. The maximum atomic E-state index is 10.6. The number of hydrogen-bond acceptors (Lipinski definition) is 2. The number of phenolic OH excluding ortho intramolecular Hbond substituents is 2. The van der Waals surface area contributed by atoms with E-state index < -0.39 is 0 Å². The fourth-order valence-corrected chi connectivity index (χ4v) is 4.32. The molecule has 0 radical (unpaired) electrons. The summed E-state index contributed by atoms with van der Waals surface area (Å²) in [7, 11) is 0. The second-order valence-corrected chi connectivity index (χ2v) is 7.94. The standard InChI is InChI=1S/C21H34O2/c1-5-6-7-8-16-12-19(22)21(20(23)13-16)18-11-15(4)9-10-17(18)14(2)3/h12-15,17-18,22-23H,5-11H2,1-4H3/t15?,17-,18+/m0/s1. The molecule has 1 aromatic rings. The van der Waals surface area contributed by atoms with Gasteiger partial charge in [-0.2, -0.15) is 0 Å². The minimum atomic E-state index is 0.281. The van der Waals surface area contributed by atoms with Crippen molar-refractivity contribution >= 4 is 0 Å². The van der Waals surface area contributed by atoms with Gasteiger partial charge in [0.1, 0.15) is 11.5 Å². The van der Waals surface area contributed by atoms with Crippen molar-refractivity contribution in [3.05, 3.63) is 23.3 Å². The van der Waals surface area contributed by atoms with E-state index in [2.05, 4.69) is 27.7 Å².